The fourth-order valence-electron chi connectivity index (χ4n) is 1.11. The Morgan fingerprint density at radius 1 is 1.38 bits per heavy atom. The van der Waals surface area contributed by atoms with Gasteiger partial charge in [-0.3, -0.25) is 4.79 Å². The minimum absolute atomic E-state index is 0.210. The van der Waals surface area contributed by atoms with Crippen LogP contribution in [0.1, 0.15) is 0 Å². The van der Waals surface area contributed by atoms with Gasteiger partial charge in [0.05, 0.1) is 5.56 Å². The molecule has 0 fully saturated rings. The van der Waals surface area contributed by atoms with Crippen molar-refractivity contribution in [2.24, 2.45) is 0 Å². The van der Waals surface area contributed by atoms with Gasteiger partial charge in [-0.25, -0.2) is 0 Å². The van der Waals surface area contributed by atoms with Crippen LogP contribution in [0.4, 0.5) is 0 Å². The van der Waals surface area contributed by atoms with E-state index in [9.17, 15) is 4.79 Å². The van der Waals surface area contributed by atoms with E-state index in [0.717, 1.165) is 10.0 Å². The van der Waals surface area contributed by atoms with Gasteiger partial charge in [0.15, 0.2) is 0 Å². The molecule has 0 aliphatic rings. The first-order valence-corrected chi connectivity index (χ1v) is 4.49. The summed E-state index contributed by atoms with van der Waals surface area (Å²) in [6, 6.07) is 7.48. The lowest BCUT2D eigenvalue weighted by molar-refractivity contribution is 0.414. The monoisotopic (exact) mass is 239 g/mol. The van der Waals surface area contributed by atoms with E-state index in [1.807, 2.05) is 24.3 Å². The van der Waals surface area contributed by atoms with Gasteiger partial charge >= 0.3 is 0 Å². The Labute approximate surface area is 82.5 Å². The Morgan fingerprint density at radius 2 is 2.23 bits per heavy atom. The first kappa shape index (κ1) is 8.31. The molecule has 0 spiro atoms. The quantitative estimate of drug-likeness (QED) is 0.831. The van der Waals surface area contributed by atoms with Crippen molar-refractivity contribution in [2.75, 3.05) is 0 Å². The zero-order chi connectivity index (χ0) is 9.26. The average molecular weight is 240 g/mol. The van der Waals surface area contributed by atoms with Crippen LogP contribution >= 0.6 is 15.9 Å². The van der Waals surface area contributed by atoms with Crippen LogP contribution in [0.5, 0.6) is 0 Å². The van der Waals surface area contributed by atoms with E-state index in [1.54, 1.807) is 0 Å². The summed E-state index contributed by atoms with van der Waals surface area (Å²) >= 11 is 3.33. The van der Waals surface area contributed by atoms with Crippen LogP contribution in [0.15, 0.2) is 44.3 Å². The standard InChI is InChI=1S/C9H6BrNO2/c10-7-3-1-2-6(4-7)8-5-13-11-9(8)12/h1-5H,(H,11,12). The second-order valence-electron chi connectivity index (χ2n) is 2.59. The molecule has 3 nitrogen and oxygen atoms in total. The fraction of sp³-hybridized carbons (Fsp3) is 0. The third-order valence-electron chi connectivity index (χ3n) is 1.71. The highest BCUT2D eigenvalue weighted by molar-refractivity contribution is 9.10. The summed E-state index contributed by atoms with van der Waals surface area (Å²) in [4.78, 5) is 11.2. The normalized spacial score (nSPS) is 10.2. The Hall–Kier alpha value is -1.29. The van der Waals surface area contributed by atoms with E-state index in [0.29, 0.717) is 5.56 Å². The summed E-state index contributed by atoms with van der Waals surface area (Å²) in [6.07, 6.45) is 1.41. The summed E-state index contributed by atoms with van der Waals surface area (Å²) in [7, 11) is 0. The lowest BCUT2D eigenvalue weighted by Crippen LogP contribution is -2.00. The summed E-state index contributed by atoms with van der Waals surface area (Å²) in [5.74, 6) is 0. The average Bonchev–Trinajstić information content (AvgIpc) is 2.51. The molecular weight excluding hydrogens is 234 g/mol. The van der Waals surface area contributed by atoms with Crippen LogP contribution in [-0.4, -0.2) is 5.16 Å². The predicted molar refractivity (Wildman–Crippen MR) is 52.5 cm³/mol. The Morgan fingerprint density at radius 3 is 2.85 bits per heavy atom. The second kappa shape index (κ2) is 3.22. The number of rotatable bonds is 1. The van der Waals surface area contributed by atoms with E-state index in [2.05, 4.69) is 25.6 Å². The molecule has 0 saturated heterocycles. The van der Waals surface area contributed by atoms with Crippen molar-refractivity contribution < 1.29 is 4.52 Å². The molecule has 0 saturated carbocycles. The minimum Gasteiger partial charge on any atom is -0.386 e. The van der Waals surface area contributed by atoms with Crippen molar-refractivity contribution in [3.05, 3.63) is 45.4 Å². The van der Waals surface area contributed by atoms with Crippen molar-refractivity contribution in [1.29, 1.82) is 0 Å². The van der Waals surface area contributed by atoms with Gasteiger partial charge in [0.1, 0.15) is 6.26 Å². The summed E-state index contributed by atoms with van der Waals surface area (Å²) < 4.78 is 5.62. The van der Waals surface area contributed by atoms with Gasteiger partial charge < -0.3 is 4.52 Å². The van der Waals surface area contributed by atoms with Gasteiger partial charge in [-0.1, -0.05) is 28.1 Å². The van der Waals surface area contributed by atoms with Crippen LogP contribution in [0, 0.1) is 0 Å². The highest BCUT2D eigenvalue weighted by atomic mass is 79.9. The van der Waals surface area contributed by atoms with Crippen LogP contribution in [0.2, 0.25) is 0 Å². The van der Waals surface area contributed by atoms with E-state index in [4.69, 9.17) is 0 Å². The first-order valence-electron chi connectivity index (χ1n) is 3.69. The molecule has 0 aliphatic carbocycles. The third-order valence-corrected chi connectivity index (χ3v) is 2.20. The zero-order valence-electron chi connectivity index (χ0n) is 6.58. The van der Waals surface area contributed by atoms with Crippen LogP contribution < -0.4 is 5.56 Å². The molecule has 0 atom stereocenters. The number of nitrogens with one attached hydrogen (secondary N) is 1. The molecule has 2 aromatic rings. The maximum atomic E-state index is 11.2. The van der Waals surface area contributed by atoms with Crippen molar-refractivity contribution in [3.63, 3.8) is 0 Å². The molecule has 66 valence electrons. The van der Waals surface area contributed by atoms with Crippen molar-refractivity contribution >= 4 is 15.9 Å². The number of hydrogen-bond donors (Lipinski definition) is 1. The number of aromatic nitrogens is 1. The summed E-state index contributed by atoms with van der Waals surface area (Å²) in [5.41, 5.74) is 1.17. The Kier molecular flexibility index (Phi) is 2.06. The molecule has 0 radical (unpaired) electrons. The Bertz CT molecular complexity index is 472. The summed E-state index contributed by atoms with van der Waals surface area (Å²) in [5, 5.41) is 2.24. The highest BCUT2D eigenvalue weighted by Crippen LogP contribution is 2.19. The molecular formula is C9H6BrNO2. The molecule has 1 heterocycles. The lowest BCUT2D eigenvalue weighted by Gasteiger charge is -1.94. The molecule has 13 heavy (non-hydrogen) atoms. The van der Waals surface area contributed by atoms with Gasteiger partial charge in [-0.2, -0.15) is 5.16 Å². The number of H-pyrrole nitrogens is 1. The largest absolute Gasteiger partial charge is 0.386 e. The minimum atomic E-state index is -0.210. The van der Waals surface area contributed by atoms with Crippen LogP contribution in [0.25, 0.3) is 11.1 Å². The molecule has 1 aromatic heterocycles. The van der Waals surface area contributed by atoms with Gasteiger partial charge in [-0.15, -0.1) is 0 Å². The topological polar surface area (TPSA) is 46.0 Å². The van der Waals surface area contributed by atoms with Crippen molar-refractivity contribution in [1.82, 2.24) is 5.16 Å². The number of benzene rings is 1. The van der Waals surface area contributed by atoms with E-state index in [1.165, 1.54) is 6.26 Å². The zero-order valence-corrected chi connectivity index (χ0v) is 8.17. The molecule has 2 rings (SSSR count). The van der Waals surface area contributed by atoms with Gasteiger partial charge in [0.25, 0.3) is 5.56 Å². The second-order valence-corrected chi connectivity index (χ2v) is 3.51. The maximum Gasteiger partial charge on any atom is 0.287 e. The molecule has 1 N–H and O–H groups in total. The lowest BCUT2D eigenvalue weighted by atomic mass is 10.1. The summed E-state index contributed by atoms with van der Waals surface area (Å²) in [6.45, 7) is 0. The van der Waals surface area contributed by atoms with E-state index >= 15 is 0 Å². The predicted octanol–water partition coefficient (Wildman–Crippen LogP) is 2.40. The Balaban J connectivity index is 2.59. The third kappa shape index (κ3) is 1.58. The molecule has 4 heteroatoms. The molecule has 0 bridgehead atoms. The maximum absolute atomic E-state index is 11.2. The molecule has 0 unspecified atom stereocenters. The molecule has 0 aliphatic heterocycles. The van der Waals surface area contributed by atoms with E-state index < -0.39 is 0 Å². The number of halogens is 1. The highest BCUT2D eigenvalue weighted by Gasteiger charge is 2.04. The molecule has 0 amide bonds. The fourth-order valence-corrected chi connectivity index (χ4v) is 1.50. The van der Waals surface area contributed by atoms with Gasteiger partial charge in [-0.05, 0) is 17.7 Å². The van der Waals surface area contributed by atoms with E-state index in [-0.39, 0.29) is 5.56 Å². The van der Waals surface area contributed by atoms with Gasteiger partial charge in [0, 0.05) is 4.47 Å². The van der Waals surface area contributed by atoms with Crippen molar-refractivity contribution in [2.45, 2.75) is 0 Å². The van der Waals surface area contributed by atoms with Gasteiger partial charge in [0.2, 0.25) is 0 Å². The number of hydrogen-bond acceptors (Lipinski definition) is 2. The smallest absolute Gasteiger partial charge is 0.287 e. The SMILES string of the molecule is O=c1[nH]occ1-c1cccc(Br)c1. The van der Waals surface area contributed by atoms with Crippen molar-refractivity contribution in [3.8, 4) is 11.1 Å². The first-order chi connectivity index (χ1) is 6.27. The molecule has 1 aromatic carbocycles. The number of aromatic amines is 1. The van der Waals surface area contributed by atoms with Crippen LogP contribution in [-0.2, 0) is 0 Å². The van der Waals surface area contributed by atoms with Crippen LogP contribution in [0.3, 0.4) is 0 Å².